The minimum atomic E-state index is -0.171. The van der Waals surface area contributed by atoms with Gasteiger partial charge in [0.25, 0.3) is 0 Å². The van der Waals surface area contributed by atoms with Crippen molar-refractivity contribution in [1.82, 2.24) is 0 Å². The Balaban J connectivity index is 1.91. The Hall–Kier alpha value is -1.51. The van der Waals surface area contributed by atoms with Gasteiger partial charge in [0.05, 0.1) is 13.5 Å². The zero-order valence-electron chi connectivity index (χ0n) is 10.3. The number of esters is 1. The highest BCUT2D eigenvalue weighted by Gasteiger charge is 2.09. The lowest BCUT2D eigenvalue weighted by molar-refractivity contribution is -0.140. The molecule has 0 bridgehead atoms. The standard InChI is InChI=1S/C14H19NO2/c1-17-14(16)8-9-15-13-7-6-11-4-2-3-5-12(11)10-13/h6-7,10,15H,2-5,8-9H2,1H3. The first-order valence-electron chi connectivity index (χ1n) is 6.22. The zero-order chi connectivity index (χ0) is 12.1. The number of ether oxygens (including phenoxy) is 1. The second-order valence-corrected chi connectivity index (χ2v) is 4.44. The van der Waals surface area contributed by atoms with Crippen molar-refractivity contribution in [1.29, 1.82) is 0 Å². The average Bonchev–Trinajstić information content (AvgIpc) is 2.38. The van der Waals surface area contributed by atoms with E-state index in [1.165, 1.54) is 43.9 Å². The molecule has 0 fully saturated rings. The SMILES string of the molecule is COC(=O)CCNc1ccc2c(c1)CCCC2. The molecule has 0 aliphatic heterocycles. The molecule has 0 aromatic heterocycles. The largest absolute Gasteiger partial charge is 0.469 e. The fourth-order valence-corrected chi connectivity index (χ4v) is 2.25. The maximum atomic E-state index is 11.0. The van der Waals surface area contributed by atoms with Crippen LogP contribution >= 0.6 is 0 Å². The van der Waals surface area contributed by atoms with Gasteiger partial charge in [0.2, 0.25) is 0 Å². The van der Waals surface area contributed by atoms with E-state index in [4.69, 9.17) is 0 Å². The summed E-state index contributed by atoms with van der Waals surface area (Å²) in [6, 6.07) is 6.52. The van der Waals surface area contributed by atoms with Gasteiger partial charge in [-0.3, -0.25) is 4.79 Å². The van der Waals surface area contributed by atoms with Crippen LogP contribution < -0.4 is 5.32 Å². The van der Waals surface area contributed by atoms with Crippen LogP contribution in [0.5, 0.6) is 0 Å². The van der Waals surface area contributed by atoms with Gasteiger partial charge >= 0.3 is 5.97 Å². The van der Waals surface area contributed by atoms with Crippen molar-refractivity contribution >= 4 is 11.7 Å². The summed E-state index contributed by atoms with van der Waals surface area (Å²) >= 11 is 0. The summed E-state index contributed by atoms with van der Waals surface area (Å²) in [5, 5.41) is 3.26. The summed E-state index contributed by atoms with van der Waals surface area (Å²) in [5.41, 5.74) is 4.05. The Morgan fingerprint density at radius 3 is 2.82 bits per heavy atom. The first kappa shape index (κ1) is 12.0. The monoisotopic (exact) mass is 233 g/mol. The van der Waals surface area contributed by atoms with Gasteiger partial charge in [0.1, 0.15) is 0 Å². The normalized spacial score (nSPS) is 13.9. The molecule has 1 aliphatic rings. The Labute approximate surface area is 102 Å². The molecular weight excluding hydrogens is 214 g/mol. The number of rotatable bonds is 4. The molecule has 1 N–H and O–H groups in total. The number of fused-ring (bicyclic) bond motifs is 1. The topological polar surface area (TPSA) is 38.3 Å². The summed E-state index contributed by atoms with van der Waals surface area (Å²) in [4.78, 5) is 11.0. The predicted molar refractivity (Wildman–Crippen MR) is 68.2 cm³/mol. The van der Waals surface area contributed by atoms with Crippen LogP contribution in [0, 0.1) is 0 Å². The number of carbonyl (C=O) groups excluding carboxylic acids is 1. The first-order valence-corrected chi connectivity index (χ1v) is 6.22. The minimum Gasteiger partial charge on any atom is -0.469 e. The average molecular weight is 233 g/mol. The number of anilines is 1. The lowest BCUT2D eigenvalue weighted by Crippen LogP contribution is -2.10. The Kier molecular flexibility index (Phi) is 4.02. The van der Waals surface area contributed by atoms with E-state index in [9.17, 15) is 4.79 Å². The molecule has 92 valence electrons. The van der Waals surface area contributed by atoms with Gasteiger partial charge in [-0.05, 0) is 48.9 Å². The van der Waals surface area contributed by atoms with Gasteiger partial charge in [0.15, 0.2) is 0 Å². The van der Waals surface area contributed by atoms with Crippen LogP contribution in [-0.2, 0) is 22.4 Å². The van der Waals surface area contributed by atoms with E-state index in [-0.39, 0.29) is 5.97 Å². The molecule has 0 radical (unpaired) electrons. The van der Waals surface area contributed by atoms with E-state index in [0.717, 1.165) is 5.69 Å². The molecule has 0 atom stereocenters. The number of hydrogen-bond acceptors (Lipinski definition) is 3. The first-order chi connectivity index (χ1) is 8.29. The predicted octanol–water partition coefficient (Wildman–Crippen LogP) is 2.54. The highest BCUT2D eigenvalue weighted by Crippen LogP contribution is 2.24. The Morgan fingerprint density at radius 2 is 2.06 bits per heavy atom. The van der Waals surface area contributed by atoms with Crippen molar-refractivity contribution < 1.29 is 9.53 Å². The van der Waals surface area contributed by atoms with Crippen LogP contribution in [0.25, 0.3) is 0 Å². The van der Waals surface area contributed by atoms with Crippen molar-refractivity contribution in [2.45, 2.75) is 32.1 Å². The molecule has 0 saturated heterocycles. The molecule has 0 heterocycles. The smallest absolute Gasteiger partial charge is 0.307 e. The fraction of sp³-hybridized carbons (Fsp3) is 0.500. The number of methoxy groups -OCH3 is 1. The van der Waals surface area contributed by atoms with Crippen LogP contribution in [0.15, 0.2) is 18.2 Å². The third-order valence-corrected chi connectivity index (χ3v) is 3.23. The second-order valence-electron chi connectivity index (χ2n) is 4.44. The molecule has 0 unspecified atom stereocenters. The summed E-state index contributed by atoms with van der Waals surface area (Å²) < 4.78 is 4.60. The maximum absolute atomic E-state index is 11.0. The highest BCUT2D eigenvalue weighted by molar-refractivity contribution is 5.69. The number of nitrogens with one attached hydrogen (secondary N) is 1. The third-order valence-electron chi connectivity index (χ3n) is 3.23. The fourth-order valence-electron chi connectivity index (χ4n) is 2.25. The lowest BCUT2D eigenvalue weighted by atomic mass is 9.91. The molecule has 0 saturated carbocycles. The maximum Gasteiger partial charge on any atom is 0.307 e. The van der Waals surface area contributed by atoms with Gasteiger partial charge in [-0.15, -0.1) is 0 Å². The van der Waals surface area contributed by atoms with Crippen LogP contribution in [0.4, 0.5) is 5.69 Å². The van der Waals surface area contributed by atoms with E-state index in [1.54, 1.807) is 0 Å². The third kappa shape index (κ3) is 3.22. The van der Waals surface area contributed by atoms with Crippen molar-refractivity contribution in [2.75, 3.05) is 19.0 Å². The van der Waals surface area contributed by atoms with E-state index in [0.29, 0.717) is 13.0 Å². The summed E-state index contributed by atoms with van der Waals surface area (Å²) in [6.07, 6.45) is 5.40. The minimum absolute atomic E-state index is 0.171. The van der Waals surface area contributed by atoms with Gasteiger partial charge in [-0.2, -0.15) is 0 Å². The lowest BCUT2D eigenvalue weighted by Gasteiger charge is -2.17. The summed E-state index contributed by atoms with van der Waals surface area (Å²) in [5.74, 6) is -0.171. The molecule has 0 spiro atoms. The number of aryl methyl sites for hydroxylation is 2. The van der Waals surface area contributed by atoms with Gasteiger partial charge in [0, 0.05) is 12.2 Å². The molecular formula is C14H19NO2. The van der Waals surface area contributed by atoms with E-state index < -0.39 is 0 Å². The van der Waals surface area contributed by atoms with Crippen LogP contribution in [0.1, 0.15) is 30.4 Å². The van der Waals surface area contributed by atoms with Crippen molar-refractivity contribution in [3.8, 4) is 0 Å². The van der Waals surface area contributed by atoms with Crippen molar-refractivity contribution in [3.63, 3.8) is 0 Å². The van der Waals surface area contributed by atoms with Crippen molar-refractivity contribution in [2.24, 2.45) is 0 Å². The summed E-state index contributed by atoms with van der Waals surface area (Å²) in [7, 11) is 1.42. The zero-order valence-corrected chi connectivity index (χ0v) is 10.3. The molecule has 2 rings (SSSR count). The molecule has 1 aromatic rings. The molecule has 3 heteroatoms. The quantitative estimate of drug-likeness (QED) is 0.812. The van der Waals surface area contributed by atoms with Crippen LogP contribution in [0.2, 0.25) is 0 Å². The van der Waals surface area contributed by atoms with Gasteiger partial charge < -0.3 is 10.1 Å². The number of benzene rings is 1. The Morgan fingerprint density at radius 1 is 1.29 bits per heavy atom. The Bertz CT molecular complexity index is 401. The highest BCUT2D eigenvalue weighted by atomic mass is 16.5. The van der Waals surface area contributed by atoms with Crippen molar-refractivity contribution in [3.05, 3.63) is 29.3 Å². The van der Waals surface area contributed by atoms with Gasteiger partial charge in [-0.1, -0.05) is 6.07 Å². The van der Waals surface area contributed by atoms with E-state index in [1.807, 2.05) is 0 Å². The molecule has 3 nitrogen and oxygen atoms in total. The summed E-state index contributed by atoms with van der Waals surface area (Å²) in [6.45, 7) is 0.630. The molecule has 1 aliphatic carbocycles. The molecule has 0 amide bonds. The second kappa shape index (κ2) is 5.71. The molecule has 1 aromatic carbocycles. The number of carbonyl (C=O) groups is 1. The van der Waals surface area contributed by atoms with E-state index >= 15 is 0 Å². The van der Waals surface area contributed by atoms with E-state index in [2.05, 4.69) is 28.3 Å². The van der Waals surface area contributed by atoms with Gasteiger partial charge in [-0.25, -0.2) is 0 Å². The molecule has 17 heavy (non-hydrogen) atoms. The number of hydrogen-bond donors (Lipinski definition) is 1. The van der Waals surface area contributed by atoms with Crippen LogP contribution in [-0.4, -0.2) is 19.6 Å². The van der Waals surface area contributed by atoms with Crippen LogP contribution in [0.3, 0.4) is 0 Å².